The van der Waals surface area contributed by atoms with Crippen molar-refractivity contribution < 1.29 is 19.0 Å². The largest absolute Gasteiger partial charge is 0.493 e. The number of para-hydroxylation sites is 2. The van der Waals surface area contributed by atoms with Gasteiger partial charge in [0.1, 0.15) is 18.1 Å². The number of benzene rings is 2. The lowest BCUT2D eigenvalue weighted by atomic mass is 9.94. The third kappa shape index (κ3) is 4.54. The molecule has 0 saturated carbocycles. The number of carbonyl (C=O) groups excluding carboxylic acids is 1. The van der Waals surface area contributed by atoms with Crippen LogP contribution < -0.4 is 24.8 Å². The Morgan fingerprint density at radius 2 is 1.94 bits per heavy atom. The van der Waals surface area contributed by atoms with Crippen LogP contribution in [-0.2, 0) is 4.79 Å². The van der Waals surface area contributed by atoms with E-state index in [1.54, 1.807) is 11.8 Å². The Hall–Kier alpha value is -4.01. The van der Waals surface area contributed by atoms with Gasteiger partial charge < -0.3 is 24.8 Å². The maximum absolute atomic E-state index is 13.6. The van der Waals surface area contributed by atoms with Crippen LogP contribution in [0.4, 0.5) is 11.6 Å². The van der Waals surface area contributed by atoms with E-state index in [-0.39, 0.29) is 5.91 Å². The number of hydrogen-bond acceptors (Lipinski definition) is 7. The molecule has 3 aromatic rings. The average molecular weight is 464 g/mol. The van der Waals surface area contributed by atoms with Gasteiger partial charge >= 0.3 is 0 Å². The molecule has 9 heteroatoms. The first-order chi connectivity index (χ1) is 16.6. The summed E-state index contributed by atoms with van der Waals surface area (Å²) in [6.45, 7) is 6.88. The van der Waals surface area contributed by atoms with Gasteiger partial charge in [-0.3, -0.25) is 4.79 Å². The summed E-state index contributed by atoms with van der Waals surface area (Å²) in [7, 11) is 1.60. The molecule has 1 aliphatic rings. The highest BCUT2D eigenvalue weighted by Crippen LogP contribution is 2.39. The first-order valence-corrected chi connectivity index (χ1v) is 11.3. The lowest BCUT2D eigenvalue weighted by molar-refractivity contribution is -0.113. The molecule has 0 radical (unpaired) electrons. The molecule has 1 aromatic heterocycles. The Kier molecular flexibility index (Phi) is 7.01. The van der Waals surface area contributed by atoms with E-state index >= 15 is 0 Å². The number of rotatable bonds is 9. The fourth-order valence-electron chi connectivity index (χ4n) is 3.92. The molecule has 4 rings (SSSR count). The summed E-state index contributed by atoms with van der Waals surface area (Å²) in [6.07, 6.45) is 2.35. The number of fused-ring (bicyclic) bond motifs is 1. The Morgan fingerprint density at radius 1 is 1.12 bits per heavy atom. The minimum atomic E-state index is -0.521. The van der Waals surface area contributed by atoms with E-state index in [1.807, 2.05) is 63.2 Å². The highest BCUT2D eigenvalue weighted by Gasteiger charge is 2.34. The van der Waals surface area contributed by atoms with Crippen molar-refractivity contribution in [3.63, 3.8) is 0 Å². The van der Waals surface area contributed by atoms with E-state index in [0.29, 0.717) is 53.4 Å². The quantitative estimate of drug-likeness (QED) is 0.485. The van der Waals surface area contributed by atoms with E-state index in [0.717, 1.165) is 12.0 Å². The molecule has 0 bridgehead atoms. The van der Waals surface area contributed by atoms with Crippen LogP contribution in [0.15, 0.2) is 60.1 Å². The molecule has 1 amide bonds. The van der Waals surface area contributed by atoms with Crippen molar-refractivity contribution in [2.75, 3.05) is 31.0 Å². The Morgan fingerprint density at radius 3 is 2.71 bits per heavy atom. The predicted octanol–water partition coefficient (Wildman–Crippen LogP) is 4.40. The third-order valence-electron chi connectivity index (χ3n) is 5.44. The Labute approximate surface area is 198 Å². The monoisotopic (exact) mass is 463 g/mol. The van der Waals surface area contributed by atoms with Crippen molar-refractivity contribution in [3.8, 4) is 17.2 Å². The van der Waals surface area contributed by atoms with Gasteiger partial charge in [-0.25, -0.2) is 4.68 Å². The maximum atomic E-state index is 13.6. The summed E-state index contributed by atoms with van der Waals surface area (Å²) in [6, 6.07) is 12.5. The van der Waals surface area contributed by atoms with Gasteiger partial charge in [0.05, 0.1) is 31.6 Å². The number of nitrogens with zero attached hydrogens (tertiary/aromatic N) is 3. The number of carbonyl (C=O) groups is 1. The van der Waals surface area contributed by atoms with Crippen molar-refractivity contribution in [1.29, 1.82) is 0 Å². The molecular weight excluding hydrogens is 434 g/mol. The summed E-state index contributed by atoms with van der Waals surface area (Å²) in [4.78, 5) is 17.9. The molecule has 178 valence electrons. The van der Waals surface area contributed by atoms with Crippen molar-refractivity contribution >= 4 is 17.5 Å². The topological polar surface area (TPSA) is 99.5 Å². The Bertz CT molecular complexity index is 1200. The number of nitrogens with one attached hydrogen (secondary N) is 2. The second-order valence-electron chi connectivity index (χ2n) is 7.74. The molecule has 0 fully saturated rings. The highest BCUT2D eigenvalue weighted by atomic mass is 16.5. The van der Waals surface area contributed by atoms with Crippen LogP contribution in [0.25, 0.3) is 0 Å². The lowest BCUT2D eigenvalue weighted by Crippen LogP contribution is -2.31. The van der Waals surface area contributed by atoms with Gasteiger partial charge in [-0.2, -0.15) is 10.1 Å². The van der Waals surface area contributed by atoms with Gasteiger partial charge in [0.2, 0.25) is 5.95 Å². The van der Waals surface area contributed by atoms with E-state index < -0.39 is 6.04 Å². The van der Waals surface area contributed by atoms with Crippen LogP contribution in [0, 0.1) is 0 Å². The van der Waals surface area contributed by atoms with Gasteiger partial charge in [0, 0.05) is 5.70 Å². The third-order valence-corrected chi connectivity index (χ3v) is 5.44. The molecule has 9 nitrogen and oxygen atoms in total. The minimum Gasteiger partial charge on any atom is -0.493 e. The van der Waals surface area contributed by atoms with Crippen molar-refractivity contribution in [2.24, 2.45) is 0 Å². The smallest absolute Gasteiger partial charge is 0.255 e. The molecule has 2 aromatic carbocycles. The van der Waals surface area contributed by atoms with Crippen LogP contribution in [0.2, 0.25) is 0 Å². The summed E-state index contributed by atoms with van der Waals surface area (Å²) in [5.74, 6) is 2.13. The maximum Gasteiger partial charge on any atom is 0.255 e. The van der Waals surface area contributed by atoms with Crippen LogP contribution in [0.5, 0.6) is 17.2 Å². The van der Waals surface area contributed by atoms with Gasteiger partial charge in [-0.05, 0) is 50.1 Å². The van der Waals surface area contributed by atoms with Gasteiger partial charge in [0.25, 0.3) is 5.91 Å². The molecule has 0 aliphatic carbocycles. The second-order valence-corrected chi connectivity index (χ2v) is 7.74. The molecule has 1 unspecified atom stereocenters. The van der Waals surface area contributed by atoms with Crippen molar-refractivity contribution in [2.45, 2.75) is 33.2 Å². The number of amides is 1. The Balaban J connectivity index is 1.74. The lowest BCUT2D eigenvalue weighted by Gasteiger charge is -2.29. The minimum absolute atomic E-state index is 0.270. The zero-order chi connectivity index (χ0) is 24.1. The first kappa shape index (κ1) is 23.2. The van der Waals surface area contributed by atoms with Gasteiger partial charge in [0.15, 0.2) is 11.5 Å². The molecule has 1 aliphatic heterocycles. The SMILES string of the molecule is CCCOc1ccc(C2C(C(=O)Nc3ccccc3OCC)=C(C)Nc3ncnn32)cc1OC. The normalized spacial score (nSPS) is 14.8. The summed E-state index contributed by atoms with van der Waals surface area (Å²) < 4.78 is 18.8. The van der Waals surface area contributed by atoms with Crippen LogP contribution in [-0.4, -0.2) is 41.0 Å². The number of ether oxygens (including phenoxy) is 3. The highest BCUT2D eigenvalue weighted by molar-refractivity contribution is 6.06. The fraction of sp³-hybridized carbons (Fsp3) is 0.320. The second kappa shape index (κ2) is 10.3. The number of anilines is 2. The molecule has 0 spiro atoms. The van der Waals surface area contributed by atoms with Crippen molar-refractivity contribution in [3.05, 3.63) is 65.6 Å². The predicted molar refractivity (Wildman–Crippen MR) is 130 cm³/mol. The molecule has 2 heterocycles. The fourth-order valence-corrected chi connectivity index (χ4v) is 3.92. The zero-order valence-corrected chi connectivity index (χ0v) is 19.8. The van der Waals surface area contributed by atoms with Gasteiger partial charge in [-0.1, -0.05) is 25.1 Å². The molecular formula is C25H29N5O4. The summed E-state index contributed by atoms with van der Waals surface area (Å²) >= 11 is 0. The van der Waals surface area contributed by atoms with Gasteiger partial charge in [-0.15, -0.1) is 0 Å². The molecule has 34 heavy (non-hydrogen) atoms. The number of hydrogen-bond donors (Lipinski definition) is 2. The van der Waals surface area contributed by atoms with E-state index in [4.69, 9.17) is 14.2 Å². The molecule has 1 atom stereocenters. The summed E-state index contributed by atoms with van der Waals surface area (Å²) in [5.41, 5.74) is 2.60. The van der Waals surface area contributed by atoms with Crippen LogP contribution in [0.3, 0.4) is 0 Å². The van der Waals surface area contributed by atoms with E-state index in [9.17, 15) is 4.79 Å². The molecule has 0 saturated heterocycles. The van der Waals surface area contributed by atoms with Crippen molar-refractivity contribution in [1.82, 2.24) is 14.8 Å². The number of methoxy groups -OCH3 is 1. The van der Waals surface area contributed by atoms with Crippen LogP contribution >= 0.6 is 0 Å². The first-order valence-electron chi connectivity index (χ1n) is 11.3. The average Bonchev–Trinajstić information content (AvgIpc) is 3.31. The number of allylic oxidation sites excluding steroid dienone is 1. The van der Waals surface area contributed by atoms with E-state index in [1.165, 1.54) is 6.33 Å². The number of aromatic nitrogens is 3. The summed E-state index contributed by atoms with van der Waals surface area (Å²) in [5, 5.41) is 10.6. The standard InChI is InChI=1S/C25H29N5O4/c1-5-13-34-20-12-11-17(14-21(20)32-4)23-22(16(3)28-25-26-15-27-30(23)25)24(31)29-18-9-7-8-10-19(18)33-6-2/h7-12,14-15,23H,5-6,13H2,1-4H3,(H,29,31)(H,26,27,28). The zero-order valence-electron chi connectivity index (χ0n) is 19.8. The molecule has 2 N–H and O–H groups in total. The van der Waals surface area contributed by atoms with E-state index in [2.05, 4.69) is 20.7 Å². The van der Waals surface area contributed by atoms with Crippen LogP contribution in [0.1, 0.15) is 38.8 Å².